The Morgan fingerprint density at radius 1 is 1.03 bits per heavy atom. The van der Waals surface area contributed by atoms with Crippen LogP contribution in [0.3, 0.4) is 0 Å². The first-order chi connectivity index (χ1) is 15.2. The average molecular weight is 561 g/mol. The van der Waals surface area contributed by atoms with Crippen molar-refractivity contribution < 1.29 is 27.8 Å². The van der Waals surface area contributed by atoms with Crippen LogP contribution in [0.4, 0.5) is 0 Å². The van der Waals surface area contributed by atoms with Crippen LogP contribution < -0.4 is 9.46 Å². The third-order valence-electron chi connectivity index (χ3n) is 4.36. The van der Waals surface area contributed by atoms with Crippen LogP contribution >= 0.6 is 27.7 Å². The molecule has 0 bridgehead atoms. The van der Waals surface area contributed by atoms with Crippen molar-refractivity contribution in [2.75, 3.05) is 12.4 Å². The number of aliphatic hydroxyl groups excluding tert-OH is 1. The maximum Gasteiger partial charge on any atom is 0.326 e. The zero-order valence-corrected chi connectivity index (χ0v) is 22.5. The molecule has 0 aliphatic heterocycles. The van der Waals surface area contributed by atoms with E-state index in [2.05, 4.69) is 20.7 Å². The van der Waals surface area contributed by atoms with Crippen LogP contribution in [0.15, 0.2) is 57.9 Å². The number of esters is 1. The van der Waals surface area contributed by atoms with Gasteiger partial charge in [0, 0.05) is 15.0 Å². The summed E-state index contributed by atoms with van der Waals surface area (Å²) < 4.78 is 40.0. The van der Waals surface area contributed by atoms with E-state index in [9.17, 15) is 18.3 Å². The van der Waals surface area contributed by atoms with E-state index in [1.165, 1.54) is 23.9 Å². The highest BCUT2D eigenvalue weighted by Crippen LogP contribution is 2.31. The number of aliphatic hydroxyl groups is 1. The molecule has 0 aromatic heterocycles. The number of carbonyl (C=O) groups is 1. The Bertz CT molecular complexity index is 1030. The number of hydrogen-bond acceptors (Lipinski definition) is 7. The molecule has 0 saturated heterocycles. The third kappa shape index (κ3) is 8.60. The minimum absolute atomic E-state index is 0.0119. The Kier molecular flexibility index (Phi) is 9.41. The van der Waals surface area contributed by atoms with Gasteiger partial charge < -0.3 is 14.6 Å². The van der Waals surface area contributed by atoms with Crippen molar-refractivity contribution in [1.82, 2.24) is 4.72 Å². The van der Waals surface area contributed by atoms with Gasteiger partial charge in [-0.05, 0) is 83.1 Å². The summed E-state index contributed by atoms with van der Waals surface area (Å²) in [5.74, 6) is 0.742. The van der Waals surface area contributed by atoms with Gasteiger partial charge in [0.15, 0.2) is 0 Å². The molecule has 7 nitrogen and oxygen atoms in total. The quantitative estimate of drug-likeness (QED) is 0.405. The zero-order chi connectivity index (χ0) is 24.9. The highest BCUT2D eigenvalue weighted by Gasteiger charge is 2.41. The summed E-state index contributed by atoms with van der Waals surface area (Å²) in [6.07, 6.45) is 0. The van der Waals surface area contributed by atoms with Crippen molar-refractivity contribution in [1.29, 1.82) is 0 Å². The smallest absolute Gasteiger partial charge is 0.326 e. The number of ether oxygens (including phenoxy) is 2. The van der Waals surface area contributed by atoms with Gasteiger partial charge in [0.05, 0.1) is 11.5 Å². The highest BCUT2D eigenvalue weighted by atomic mass is 79.9. The Balaban J connectivity index is 2.25. The molecule has 0 heterocycles. The van der Waals surface area contributed by atoms with Gasteiger partial charge in [-0.3, -0.25) is 4.79 Å². The van der Waals surface area contributed by atoms with Crippen molar-refractivity contribution in [3.8, 4) is 11.5 Å². The van der Waals surface area contributed by atoms with Crippen LogP contribution in [0.1, 0.15) is 34.6 Å². The van der Waals surface area contributed by atoms with Crippen LogP contribution in [0.25, 0.3) is 0 Å². The lowest BCUT2D eigenvalue weighted by atomic mass is 10.0. The van der Waals surface area contributed by atoms with E-state index in [0.29, 0.717) is 17.3 Å². The fraction of sp³-hybridized carbons (Fsp3) is 0.435. The second-order valence-electron chi connectivity index (χ2n) is 8.79. The predicted octanol–water partition coefficient (Wildman–Crippen LogP) is 4.73. The molecule has 2 aromatic carbocycles. The van der Waals surface area contributed by atoms with Gasteiger partial charge in [-0.15, -0.1) is 0 Å². The monoisotopic (exact) mass is 559 g/mol. The zero-order valence-electron chi connectivity index (χ0n) is 19.3. The van der Waals surface area contributed by atoms with Gasteiger partial charge in [-0.2, -0.15) is 16.5 Å². The lowest BCUT2D eigenvalue weighted by Gasteiger charge is -2.34. The van der Waals surface area contributed by atoms with Crippen molar-refractivity contribution in [3.05, 3.63) is 53.0 Å². The SMILES string of the molecule is CC(C)(C)OC(=O)C(NS(=O)(=O)c1ccc(Oc2ccc(Br)cc2)cc1)C(C)(C)SCCO. The van der Waals surface area contributed by atoms with E-state index >= 15 is 0 Å². The van der Waals surface area contributed by atoms with E-state index in [1.54, 1.807) is 58.9 Å². The summed E-state index contributed by atoms with van der Waals surface area (Å²) in [6.45, 7) is 8.53. The molecule has 33 heavy (non-hydrogen) atoms. The van der Waals surface area contributed by atoms with Gasteiger partial charge in [0.2, 0.25) is 10.0 Å². The number of hydrogen-bond donors (Lipinski definition) is 2. The minimum atomic E-state index is -4.05. The van der Waals surface area contributed by atoms with Gasteiger partial charge >= 0.3 is 5.97 Å². The topological polar surface area (TPSA) is 102 Å². The third-order valence-corrected chi connectivity index (χ3v) is 7.69. The molecule has 2 rings (SSSR count). The second-order valence-corrected chi connectivity index (χ2v) is 13.2. The molecule has 182 valence electrons. The standard InChI is InChI=1S/C23H30BrNO6S2/c1-22(2,3)31-21(27)20(23(4,5)32-15-14-26)25-33(28,29)19-12-10-18(11-13-19)30-17-8-6-16(24)7-9-17/h6-13,20,25-26H,14-15H2,1-5H3. The Hall–Kier alpha value is -1.59. The van der Waals surface area contributed by atoms with Crippen molar-refractivity contribution in [2.45, 2.75) is 55.9 Å². The molecule has 2 aromatic rings. The van der Waals surface area contributed by atoms with Crippen LogP contribution in [0, 0.1) is 0 Å². The first-order valence-electron chi connectivity index (χ1n) is 10.3. The van der Waals surface area contributed by atoms with E-state index in [1.807, 2.05) is 12.1 Å². The molecule has 2 N–H and O–H groups in total. The maximum absolute atomic E-state index is 13.1. The molecule has 1 unspecified atom stereocenters. The fourth-order valence-corrected chi connectivity index (χ4v) is 5.39. The lowest BCUT2D eigenvalue weighted by Crippen LogP contribution is -2.54. The maximum atomic E-state index is 13.1. The molecule has 0 aliphatic rings. The van der Waals surface area contributed by atoms with Gasteiger partial charge in [0.1, 0.15) is 23.1 Å². The number of rotatable bonds is 10. The lowest BCUT2D eigenvalue weighted by molar-refractivity contribution is -0.157. The molecule has 0 radical (unpaired) electrons. The summed E-state index contributed by atoms with van der Waals surface area (Å²) >= 11 is 4.64. The van der Waals surface area contributed by atoms with E-state index in [-0.39, 0.29) is 11.5 Å². The first-order valence-corrected chi connectivity index (χ1v) is 13.5. The Labute approximate surface area is 208 Å². The van der Waals surface area contributed by atoms with Crippen LogP contribution in [0.2, 0.25) is 0 Å². The van der Waals surface area contributed by atoms with Crippen molar-refractivity contribution in [2.24, 2.45) is 0 Å². The minimum Gasteiger partial charge on any atom is -0.459 e. The summed E-state index contributed by atoms with van der Waals surface area (Å²) in [5, 5.41) is 9.20. The number of carbonyl (C=O) groups excluding carboxylic acids is 1. The van der Waals surface area contributed by atoms with Crippen molar-refractivity contribution in [3.63, 3.8) is 0 Å². The fourth-order valence-electron chi connectivity index (χ4n) is 2.78. The number of thioether (sulfide) groups is 1. The van der Waals surface area contributed by atoms with Gasteiger partial charge in [0.25, 0.3) is 0 Å². The number of halogens is 1. The van der Waals surface area contributed by atoms with Crippen LogP contribution in [-0.4, -0.2) is 48.2 Å². The summed E-state index contributed by atoms with van der Waals surface area (Å²) in [5.41, 5.74) is -0.787. The molecule has 0 fully saturated rings. The molecular weight excluding hydrogens is 530 g/mol. The average Bonchev–Trinajstić information content (AvgIpc) is 2.71. The molecular formula is C23H30BrNO6S2. The largest absolute Gasteiger partial charge is 0.459 e. The number of nitrogens with one attached hydrogen (secondary N) is 1. The second kappa shape index (κ2) is 11.2. The molecule has 0 amide bonds. The van der Waals surface area contributed by atoms with E-state index < -0.39 is 32.4 Å². The van der Waals surface area contributed by atoms with E-state index in [0.717, 1.165) is 4.47 Å². The highest BCUT2D eigenvalue weighted by molar-refractivity contribution is 9.10. The molecule has 0 aliphatic carbocycles. The van der Waals surface area contributed by atoms with E-state index in [4.69, 9.17) is 9.47 Å². The molecule has 10 heteroatoms. The molecule has 1 atom stereocenters. The Morgan fingerprint density at radius 2 is 1.55 bits per heavy atom. The molecule has 0 saturated carbocycles. The Morgan fingerprint density at radius 3 is 2.03 bits per heavy atom. The summed E-state index contributed by atoms with van der Waals surface area (Å²) in [4.78, 5) is 12.9. The normalized spacial score (nSPS) is 13.4. The van der Waals surface area contributed by atoms with Gasteiger partial charge in [-0.1, -0.05) is 15.9 Å². The predicted molar refractivity (Wildman–Crippen MR) is 134 cm³/mol. The van der Waals surface area contributed by atoms with Crippen molar-refractivity contribution >= 4 is 43.7 Å². The number of sulfonamides is 1. The van der Waals surface area contributed by atoms with Crippen LogP contribution in [0.5, 0.6) is 11.5 Å². The van der Waals surface area contributed by atoms with Crippen LogP contribution in [-0.2, 0) is 19.6 Å². The first kappa shape index (κ1) is 27.7. The molecule has 0 spiro atoms. The summed E-state index contributed by atoms with van der Waals surface area (Å²) in [7, 11) is -4.05. The number of benzene rings is 2. The summed E-state index contributed by atoms with van der Waals surface area (Å²) in [6, 6.07) is 12.0. The van der Waals surface area contributed by atoms with Gasteiger partial charge in [-0.25, -0.2) is 8.42 Å².